The molecule has 1 heterocycles. The van der Waals surface area contributed by atoms with E-state index >= 15 is 0 Å². The molecule has 1 aromatic carbocycles. The summed E-state index contributed by atoms with van der Waals surface area (Å²) in [4.78, 5) is 13.3. The Bertz CT molecular complexity index is 413. The molecule has 0 saturated carbocycles. The first kappa shape index (κ1) is 11.5. The van der Waals surface area contributed by atoms with Crippen molar-refractivity contribution >= 4 is 27.6 Å². The van der Waals surface area contributed by atoms with Gasteiger partial charge in [0.1, 0.15) is 0 Å². The van der Waals surface area contributed by atoms with Crippen LogP contribution in [0.1, 0.15) is 23.7 Å². The van der Waals surface area contributed by atoms with Crippen LogP contribution in [0.5, 0.6) is 0 Å². The summed E-state index contributed by atoms with van der Waals surface area (Å²) in [5, 5.41) is 9.13. The molecular weight excluding hydrogens is 270 g/mol. The number of carboxylic acids is 1. The number of rotatable bonds is 3. The van der Waals surface area contributed by atoms with Gasteiger partial charge in [-0.25, -0.2) is 4.79 Å². The average Bonchev–Trinajstić information content (AvgIpc) is 2.18. The lowest BCUT2D eigenvalue weighted by molar-refractivity contribution is 0.0697. The van der Waals surface area contributed by atoms with Crippen molar-refractivity contribution in [1.82, 2.24) is 0 Å². The van der Waals surface area contributed by atoms with Gasteiger partial charge in [-0.05, 0) is 30.5 Å². The van der Waals surface area contributed by atoms with Gasteiger partial charge in [0.05, 0.1) is 11.3 Å². The van der Waals surface area contributed by atoms with Crippen LogP contribution in [0.4, 0.5) is 5.69 Å². The van der Waals surface area contributed by atoms with Crippen LogP contribution in [0.25, 0.3) is 0 Å². The molecular formula is C12H14BrNO2. The number of carboxylic acid groups (broad SMARTS) is 1. The molecule has 0 unspecified atom stereocenters. The first-order valence-electron chi connectivity index (χ1n) is 5.39. The second-order valence-corrected chi connectivity index (χ2v) is 5.06. The fourth-order valence-electron chi connectivity index (χ4n) is 1.98. The maximum Gasteiger partial charge on any atom is 0.337 e. The second-order valence-electron chi connectivity index (χ2n) is 4.15. The Labute approximate surface area is 103 Å². The minimum Gasteiger partial charge on any atom is -0.478 e. The molecule has 1 fully saturated rings. The largest absolute Gasteiger partial charge is 0.478 e. The van der Waals surface area contributed by atoms with Crippen LogP contribution < -0.4 is 4.90 Å². The Morgan fingerprint density at radius 1 is 1.56 bits per heavy atom. The van der Waals surface area contributed by atoms with Gasteiger partial charge < -0.3 is 10.0 Å². The average molecular weight is 284 g/mol. The standard InChI is InChI=1S/C12H14BrNO2/c1-2-8-6-14(7-8)11-4-3-9(13)5-10(11)12(15)16/h3-5,8H,2,6-7H2,1H3,(H,15,16). The van der Waals surface area contributed by atoms with Gasteiger partial charge in [-0.2, -0.15) is 0 Å². The van der Waals surface area contributed by atoms with Crippen molar-refractivity contribution in [3.05, 3.63) is 28.2 Å². The lowest BCUT2D eigenvalue weighted by Gasteiger charge is -2.41. The Morgan fingerprint density at radius 2 is 2.25 bits per heavy atom. The quantitative estimate of drug-likeness (QED) is 0.927. The van der Waals surface area contributed by atoms with Gasteiger partial charge in [0.25, 0.3) is 0 Å². The van der Waals surface area contributed by atoms with Crippen molar-refractivity contribution in [3.63, 3.8) is 0 Å². The lowest BCUT2D eigenvalue weighted by Crippen LogP contribution is -2.47. The number of carbonyl (C=O) groups is 1. The summed E-state index contributed by atoms with van der Waals surface area (Å²) >= 11 is 3.30. The van der Waals surface area contributed by atoms with E-state index in [4.69, 9.17) is 5.11 Å². The number of hydrogen-bond donors (Lipinski definition) is 1. The number of nitrogens with zero attached hydrogens (tertiary/aromatic N) is 1. The van der Waals surface area contributed by atoms with Gasteiger partial charge in [-0.3, -0.25) is 0 Å². The second kappa shape index (κ2) is 4.45. The SMILES string of the molecule is CCC1CN(c2ccc(Br)cc2C(=O)O)C1. The molecule has 1 aliphatic rings. The molecule has 1 saturated heterocycles. The minimum absolute atomic E-state index is 0.379. The van der Waals surface area contributed by atoms with Crippen molar-refractivity contribution < 1.29 is 9.90 Å². The number of benzene rings is 1. The highest BCUT2D eigenvalue weighted by Crippen LogP contribution is 2.31. The van der Waals surface area contributed by atoms with Crippen LogP contribution in [0.3, 0.4) is 0 Å². The van der Waals surface area contributed by atoms with Crippen LogP contribution in [0.15, 0.2) is 22.7 Å². The first-order valence-corrected chi connectivity index (χ1v) is 6.19. The molecule has 0 aliphatic carbocycles. The molecule has 0 atom stereocenters. The van der Waals surface area contributed by atoms with Crippen LogP contribution in [-0.4, -0.2) is 24.2 Å². The predicted molar refractivity (Wildman–Crippen MR) is 67.1 cm³/mol. The van der Waals surface area contributed by atoms with E-state index in [-0.39, 0.29) is 0 Å². The Kier molecular flexibility index (Phi) is 3.19. The normalized spacial score (nSPS) is 16.0. The van der Waals surface area contributed by atoms with Gasteiger partial charge >= 0.3 is 5.97 Å². The van der Waals surface area contributed by atoms with Crippen LogP contribution >= 0.6 is 15.9 Å². The molecule has 86 valence electrons. The molecule has 0 spiro atoms. The summed E-state index contributed by atoms with van der Waals surface area (Å²) in [6.07, 6.45) is 1.16. The fraction of sp³-hybridized carbons (Fsp3) is 0.417. The molecule has 0 radical (unpaired) electrons. The molecule has 0 bridgehead atoms. The third-order valence-electron chi connectivity index (χ3n) is 3.06. The van der Waals surface area contributed by atoms with E-state index in [0.717, 1.165) is 29.7 Å². The predicted octanol–water partition coefficient (Wildman–Crippen LogP) is 2.99. The highest BCUT2D eigenvalue weighted by molar-refractivity contribution is 9.10. The summed E-state index contributed by atoms with van der Waals surface area (Å²) in [5.41, 5.74) is 1.21. The molecule has 0 aromatic heterocycles. The number of anilines is 1. The number of halogens is 1. The molecule has 1 aliphatic heterocycles. The van der Waals surface area contributed by atoms with E-state index in [1.807, 2.05) is 12.1 Å². The van der Waals surface area contributed by atoms with Crippen LogP contribution in [0, 0.1) is 5.92 Å². The lowest BCUT2D eigenvalue weighted by atomic mass is 9.95. The van der Waals surface area contributed by atoms with Crippen molar-refractivity contribution in [3.8, 4) is 0 Å². The van der Waals surface area contributed by atoms with Gasteiger partial charge in [0.15, 0.2) is 0 Å². The summed E-state index contributed by atoms with van der Waals surface area (Å²) in [7, 11) is 0. The maximum atomic E-state index is 11.1. The zero-order valence-electron chi connectivity index (χ0n) is 9.11. The number of hydrogen-bond acceptors (Lipinski definition) is 2. The minimum atomic E-state index is -0.865. The van der Waals surface area contributed by atoms with Crippen molar-refractivity contribution in [2.24, 2.45) is 5.92 Å². The zero-order valence-corrected chi connectivity index (χ0v) is 10.7. The first-order chi connectivity index (χ1) is 7.61. The van der Waals surface area contributed by atoms with Crippen molar-refractivity contribution in [2.45, 2.75) is 13.3 Å². The molecule has 3 nitrogen and oxygen atoms in total. The Hall–Kier alpha value is -1.03. The smallest absolute Gasteiger partial charge is 0.337 e. The number of aromatic carboxylic acids is 1. The fourth-order valence-corrected chi connectivity index (χ4v) is 2.34. The highest BCUT2D eigenvalue weighted by Gasteiger charge is 2.28. The van der Waals surface area contributed by atoms with Gasteiger partial charge in [-0.1, -0.05) is 22.9 Å². The summed E-state index contributed by atoms with van der Waals surface area (Å²) in [6, 6.07) is 5.43. The molecule has 2 rings (SSSR count). The van der Waals surface area contributed by atoms with Crippen LogP contribution in [0.2, 0.25) is 0 Å². The maximum absolute atomic E-state index is 11.1. The van der Waals surface area contributed by atoms with E-state index in [0.29, 0.717) is 11.5 Å². The van der Waals surface area contributed by atoms with Gasteiger partial charge in [-0.15, -0.1) is 0 Å². The molecule has 1 aromatic rings. The Morgan fingerprint density at radius 3 is 2.81 bits per heavy atom. The summed E-state index contributed by atoms with van der Waals surface area (Å²) in [6.45, 7) is 4.11. The van der Waals surface area contributed by atoms with Gasteiger partial charge in [0.2, 0.25) is 0 Å². The topological polar surface area (TPSA) is 40.5 Å². The monoisotopic (exact) mass is 283 g/mol. The van der Waals surface area contributed by atoms with E-state index in [2.05, 4.69) is 27.8 Å². The highest BCUT2D eigenvalue weighted by atomic mass is 79.9. The third kappa shape index (κ3) is 2.07. The van der Waals surface area contributed by atoms with Gasteiger partial charge in [0, 0.05) is 17.6 Å². The van der Waals surface area contributed by atoms with Crippen molar-refractivity contribution in [2.75, 3.05) is 18.0 Å². The van der Waals surface area contributed by atoms with E-state index in [9.17, 15) is 4.79 Å². The zero-order chi connectivity index (χ0) is 11.7. The van der Waals surface area contributed by atoms with E-state index in [1.54, 1.807) is 6.07 Å². The Balaban J connectivity index is 2.24. The molecule has 4 heteroatoms. The van der Waals surface area contributed by atoms with Crippen LogP contribution in [-0.2, 0) is 0 Å². The van der Waals surface area contributed by atoms with E-state index < -0.39 is 5.97 Å². The third-order valence-corrected chi connectivity index (χ3v) is 3.56. The molecule has 16 heavy (non-hydrogen) atoms. The molecule has 0 amide bonds. The van der Waals surface area contributed by atoms with Crippen molar-refractivity contribution in [1.29, 1.82) is 0 Å². The van der Waals surface area contributed by atoms with E-state index in [1.165, 1.54) is 0 Å². The molecule has 1 N–H and O–H groups in total. The summed E-state index contributed by atoms with van der Waals surface area (Å²) < 4.78 is 0.807. The summed E-state index contributed by atoms with van der Waals surface area (Å²) in [5.74, 6) is -0.151.